The van der Waals surface area contributed by atoms with E-state index >= 15 is 0 Å². The van der Waals surface area contributed by atoms with Crippen LogP contribution in [0, 0.1) is 6.92 Å². The van der Waals surface area contributed by atoms with Crippen molar-refractivity contribution in [2.24, 2.45) is 5.73 Å². The third kappa shape index (κ3) is 2.05. The van der Waals surface area contributed by atoms with Gasteiger partial charge in [-0.15, -0.1) is 0 Å². The molecule has 2 aromatic rings. The van der Waals surface area contributed by atoms with Gasteiger partial charge in [-0.25, -0.2) is 0 Å². The second-order valence-corrected chi connectivity index (χ2v) is 4.24. The maximum absolute atomic E-state index is 5.97. The first-order valence-electron chi connectivity index (χ1n) is 5.53. The molecule has 0 spiro atoms. The summed E-state index contributed by atoms with van der Waals surface area (Å²) in [6.07, 6.45) is 4.07. The van der Waals surface area contributed by atoms with Crippen molar-refractivity contribution in [3.63, 3.8) is 0 Å². The van der Waals surface area contributed by atoms with Crippen LogP contribution in [0.3, 0.4) is 0 Å². The van der Waals surface area contributed by atoms with E-state index in [0.29, 0.717) is 0 Å². The normalized spacial score (nSPS) is 13.3. The number of hydrogen-bond donors (Lipinski definition) is 2. The van der Waals surface area contributed by atoms with Crippen LogP contribution >= 0.6 is 0 Å². The Balaban J connectivity index is 2.36. The first-order valence-corrected chi connectivity index (χ1v) is 5.53. The van der Waals surface area contributed by atoms with Gasteiger partial charge in [0.25, 0.3) is 0 Å². The number of H-pyrrole nitrogens is 1. The Kier molecular flexibility index (Phi) is 2.78. The molecule has 1 unspecified atom stereocenters. The first-order chi connectivity index (χ1) is 7.20. The van der Waals surface area contributed by atoms with Crippen LogP contribution in [0.25, 0.3) is 10.9 Å². The van der Waals surface area contributed by atoms with Gasteiger partial charge in [0.15, 0.2) is 0 Å². The van der Waals surface area contributed by atoms with Gasteiger partial charge in [0.05, 0.1) is 0 Å². The molecule has 80 valence electrons. The third-order valence-corrected chi connectivity index (χ3v) is 2.93. The molecule has 2 nitrogen and oxygen atoms in total. The summed E-state index contributed by atoms with van der Waals surface area (Å²) in [5, 5.41) is 1.31. The Labute approximate surface area is 90.5 Å². The van der Waals surface area contributed by atoms with Gasteiger partial charge < -0.3 is 10.7 Å². The minimum atomic E-state index is 0.269. The van der Waals surface area contributed by atoms with E-state index in [-0.39, 0.29) is 6.04 Å². The smallest absolute Gasteiger partial charge is 0.0459 e. The molecule has 1 heterocycles. The Morgan fingerprint density at radius 3 is 2.93 bits per heavy atom. The van der Waals surface area contributed by atoms with Crippen LogP contribution < -0.4 is 5.73 Å². The van der Waals surface area contributed by atoms with Crippen LogP contribution in [0.1, 0.15) is 24.5 Å². The highest BCUT2D eigenvalue weighted by atomic mass is 14.7. The van der Waals surface area contributed by atoms with Crippen molar-refractivity contribution >= 4 is 10.9 Å². The zero-order chi connectivity index (χ0) is 10.8. The Morgan fingerprint density at radius 1 is 1.40 bits per heavy atom. The van der Waals surface area contributed by atoms with Gasteiger partial charge in [-0.2, -0.15) is 0 Å². The van der Waals surface area contributed by atoms with Gasteiger partial charge in [0.2, 0.25) is 0 Å². The quantitative estimate of drug-likeness (QED) is 0.789. The molecule has 1 aromatic carbocycles. The molecule has 15 heavy (non-hydrogen) atoms. The van der Waals surface area contributed by atoms with Crippen LogP contribution in [-0.4, -0.2) is 11.0 Å². The van der Waals surface area contributed by atoms with E-state index in [4.69, 9.17) is 5.73 Å². The molecular formula is C13H18N2. The fourth-order valence-electron chi connectivity index (χ4n) is 1.90. The van der Waals surface area contributed by atoms with Crippen LogP contribution in [0.4, 0.5) is 0 Å². The summed E-state index contributed by atoms with van der Waals surface area (Å²) in [5.41, 5.74) is 9.81. The molecule has 0 saturated heterocycles. The molecule has 0 amide bonds. The van der Waals surface area contributed by atoms with Gasteiger partial charge in [0, 0.05) is 23.1 Å². The van der Waals surface area contributed by atoms with Crippen molar-refractivity contribution in [1.29, 1.82) is 0 Å². The van der Waals surface area contributed by atoms with Crippen LogP contribution in [0.2, 0.25) is 0 Å². The summed E-state index contributed by atoms with van der Waals surface area (Å²) < 4.78 is 0. The monoisotopic (exact) mass is 202 g/mol. The van der Waals surface area contributed by atoms with E-state index < -0.39 is 0 Å². The minimum Gasteiger partial charge on any atom is -0.361 e. The topological polar surface area (TPSA) is 41.8 Å². The predicted molar refractivity (Wildman–Crippen MR) is 65.0 cm³/mol. The molecule has 0 radical (unpaired) electrons. The fourth-order valence-corrected chi connectivity index (χ4v) is 1.90. The SMILES string of the molecule is CCC(N)Cc1c[nH]c2cc(C)ccc12. The average molecular weight is 202 g/mol. The molecule has 2 rings (SSSR count). The van der Waals surface area contributed by atoms with Crippen molar-refractivity contribution in [1.82, 2.24) is 4.98 Å². The summed E-state index contributed by atoms with van der Waals surface area (Å²) in [6.45, 7) is 4.24. The lowest BCUT2D eigenvalue weighted by Crippen LogP contribution is -2.21. The first kappa shape index (κ1) is 10.2. The van der Waals surface area contributed by atoms with Crippen molar-refractivity contribution in [2.75, 3.05) is 0 Å². The summed E-state index contributed by atoms with van der Waals surface area (Å²) in [6, 6.07) is 6.78. The second-order valence-electron chi connectivity index (χ2n) is 4.24. The van der Waals surface area contributed by atoms with Gasteiger partial charge in [-0.3, -0.25) is 0 Å². The molecule has 0 fully saturated rings. The Hall–Kier alpha value is -1.28. The van der Waals surface area contributed by atoms with Crippen LogP contribution in [0.15, 0.2) is 24.4 Å². The number of fused-ring (bicyclic) bond motifs is 1. The predicted octanol–water partition coefficient (Wildman–Crippen LogP) is 2.76. The lowest BCUT2D eigenvalue weighted by Gasteiger charge is -2.06. The maximum atomic E-state index is 5.97. The Bertz CT molecular complexity index is 457. The highest BCUT2D eigenvalue weighted by Crippen LogP contribution is 2.20. The van der Waals surface area contributed by atoms with Gasteiger partial charge in [-0.1, -0.05) is 19.1 Å². The molecule has 0 aliphatic heterocycles. The van der Waals surface area contributed by atoms with E-state index in [1.807, 2.05) is 0 Å². The van der Waals surface area contributed by atoms with Crippen LogP contribution in [0.5, 0.6) is 0 Å². The molecule has 3 N–H and O–H groups in total. The lowest BCUT2D eigenvalue weighted by molar-refractivity contribution is 0.648. The number of nitrogens with two attached hydrogens (primary N) is 1. The molecule has 0 bridgehead atoms. The van der Waals surface area contributed by atoms with E-state index in [1.54, 1.807) is 0 Å². The zero-order valence-corrected chi connectivity index (χ0v) is 9.38. The third-order valence-electron chi connectivity index (χ3n) is 2.93. The van der Waals surface area contributed by atoms with Crippen molar-refractivity contribution in [2.45, 2.75) is 32.7 Å². The van der Waals surface area contributed by atoms with Gasteiger partial charge in [-0.05, 0) is 37.0 Å². The Morgan fingerprint density at radius 2 is 2.20 bits per heavy atom. The molecule has 0 saturated carbocycles. The fraction of sp³-hybridized carbons (Fsp3) is 0.385. The number of rotatable bonds is 3. The maximum Gasteiger partial charge on any atom is 0.0459 e. The average Bonchev–Trinajstić information content (AvgIpc) is 2.60. The number of aromatic nitrogens is 1. The number of benzene rings is 1. The lowest BCUT2D eigenvalue weighted by atomic mass is 10.0. The number of aryl methyl sites for hydroxylation is 1. The number of aromatic amines is 1. The van der Waals surface area contributed by atoms with E-state index in [0.717, 1.165) is 12.8 Å². The highest BCUT2D eigenvalue weighted by molar-refractivity contribution is 5.83. The van der Waals surface area contributed by atoms with Gasteiger partial charge >= 0.3 is 0 Å². The van der Waals surface area contributed by atoms with Crippen LogP contribution in [-0.2, 0) is 6.42 Å². The number of hydrogen-bond acceptors (Lipinski definition) is 1. The van der Waals surface area contributed by atoms with E-state index in [1.165, 1.54) is 22.0 Å². The molecule has 2 heteroatoms. The summed E-state index contributed by atoms with van der Waals surface area (Å²) >= 11 is 0. The molecular weight excluding hydrogens is 184 g/mol. The summed E-state index contributed by atoms with van der Waals surface area (Å²) in [4.78, 5) is 3.30. The summed E-state index contributed by atoms with van der Waals surface area (Å²) in [5.74, 6) is 0. The number of nitrogens with one attached hydrogen (secondary N) is 1. The standard InChI is InChI=1S/C13H18N2/c1-3-11(14)7-10-8-15-13-6-9(2)4-5-12(10)13/h4-6,8,11,15H,3,7,14H2,1-2H3. The molecule has 0 aliphatic carbocycles. The largest absolute Gasteiger partial charge is 0.361 e. The van der Waals surface area contributed by atoms with Crippen molar-refractivity contribution in [3.05, 3.63) is 35.5 Å². The van der Waals surface area contributed by atoms with E-state index in [9.17, 15) is 0 Å². The zero-order valence-electron chi connectivity index (χ0n) is 9.38. The van der Waals surface area contributed by atoms with E-state index in [2.05, 4.69) is 43.2 Å². The van der Waals surface area contributed by atoms with Crippen molar-refractivity contribution < 1.29 is 0 Å². The molecule has 1 aromatic heterocycles. The van der Waals surface area contributed by atoms with Crippen molar-refractivity contribution in [3.8, 4) is 0 Å². The minimum absolute atomic E-state index is 0.269. The molecule has 1 atom stereocenters. The van der Waals surface area contributed by atoms with Gasteiger partial charge in [0.1, 0.15) is 0 Å². The second kappa shape index (κ2) is 4.07. The highest BCUT2D eigenvalue weighted by Gasteiger charge is 2.07. The molecule has 0 aliphatic rings. The summed E-state index contributed by atoms with van der Waals surface area (Å²) in [7, 11) is 0.